The van der Waals surface area contributed by atoms with Crippen LogP contribution in [0.5, 0.6) is 11.5 Å². The Morgan fingerprint density at radius 2 is 1.92 bits per heavy atom. The maximum atomic E-state index is 13.6. The van der Waals surface area contributed by atoms with E-state index in [0.29, 0.717) is 24.6 Å². The van der Waals surface area contributed by atoms with E-state index >= 15 is 0 Å². The summed E-state index contributed by atoms with van der Waals surface area (Å²) < 4.78 is 24.3. The second-order valence-corrected chi connectivity index (χ2v) is 5.38. The Kier molecular flexibility index (Phi) is 7.30. The van der Waals surface area contributed by atoms with Gasteiger partial charge in [-0.25, -0.2) is 4.39 Å². The van der Waals surface area contributed by atoms with E-state index in [0.717, 1.165) is 23.5 Å². The van der Waals surface area contributed by atoms with Crippen molar-refractivity contribution in [1.29, 1.82) is 0 Å². The van der Waals surface area contributed by atoms with Gasteiger partial charge >= 0.3 is 0 Å². The van der Waals surface area contributed by atoms with Crippen molar-refractivity contribution in [1.82, 2.24) is 10.6 Å². The van der Waals surface area contributed by atoms with Crippen molar-refractivity contribution in [3.8, 4) is 11.5 Å². The largest absolute Gasteiger partial charge is 0.454 e. The number of fused-ring (bicyclic) bond motifs is 1. The topological polar surface area (TPSA) is 54.9 Å². The third-order valence-electron chi connectivity index (χ3n) is 3.77. The molecule has 2 aromatic carbocycles. The molecule has 1 aliphatic rings. The maximum Gasteiger partial charge on any atom is 0.231 e. The van der Waals surface area contributed by atoms with Crippen molar-refractivity contribution >= 4 is 29.9 Å². The SMILES string of the molecule is CN=C(NCCc1ccc2c(c1)OCO2)NCc1ccccc1F.I. The Hall–Kier alpha value is -2.03. The number of benzene rings is 2. The van der Waals surface area contributed by atoms with Crippen LogP contribution in [0.15, 0.2) is 47.5 Å². The second kappa shape index (κ2) is 9.45. The minimum absolute atomic E-state index is 0. The maximum absolute atomic E-state index is 13.6. The Morgan fingerprint density at radius 3 is 2.72 bits per heavy atom. The van der Waals surface area contributed by atoms with Crippen molar-refractivity contribution in [3.63, 3.8) is 0 Å². The van der Waals surface area contributed by atoms with Crippen LogP contribution in [0, 0.1) is 5.82 Å². The molecular weight excluding hydrogens is 436 g/mol. The molecule has 0 spiro atoms. The fourth-order valence-electron chi connectivity index (χ4n) is 2.46. The monoisotopic (exact) mass is 457 g/mol. The average Bonchev–Trinajstić information content (AvgIpc) is 3.07. The molecule has 0 aromatic heterocycles. The summed E-state index contributed by atoms with van der Waals surface area (Å²) in [5.41, 5.74) is 1.76. The standard InChI is InChI=1S/C18H20FN3O2.HI/c1-20-18(22-11-14-4-2-3-5-15(14)19)21-9-8-13-6-7-16-17(10-13)24-12-23-16;/h2-7,10H,8-9,11-12H2,1H3,(H2,20,21,22);1H. The molecule has 7 heteroatoms. The molecule has 0 saturated carbocycles. The minimum atomic E-state index is -0.221. The highest BCUT2D eigenvalue weighted by atomic mass is 127. The van der Waals surface area contributed by atoms with E-state index in [1.165, 1.54) is 6.07 Å². The van der Waals surface area contributed by atoms with Crippen LogP contribution in [0.4, 0.5) is 4.39 Å². The molecule has 0 atom stereocenters. The summed E-state index contributed by atoms with van der Waals surface area (Å²) in [4.78, 5) is 4.15. The van der Waals surface area contributed by atoms with Crippen LogP contribution in [0.3, 0.4) is 0 Å². The first-order valence-corrected chi connectivity index (χ1v) is 7.82. The predicted molar refractivity (Wildman–Crippen MR) is 106 cm³/mol. The minimum Gasteiger partial charge on any atom is -0.454 e. The van der Waals surface area contributed by atoms with Crippen LogP contribution in [-0.4, -0.2) is 26.3 Å². The van der Waals surface area contributed by atoms with Gasteiger partial charge < -0.3 is 20.1 Å². The molecule has 25 heavy (non-hydrogen) atoms. The van der Waals surface area contributed by atoms with Gasteiger partial charge in [-0.1, -0.05) is 24.3 Å². The van der Waals surface area contributed by atoms with Crippen molar-refractivity contribution in [2.75, 3.05) is 20.4 Å². The van der Waals surface area contributed by atoms with E-state index in [-0.39, 0.29) is 36.6 Å². The van der Waals surface area contributed by atoms with Crippen LogP contribution in [0.1, 0.15) is 11.1 Å². The lowest BCUT2D eigenvalue weighted by Crippen LogP contribution is -2.38. The summed E-state index contributed by atoms with van der Waals surface area (Å²) in [6.07, 6.45) is 0.817. The molecule has 0 radical (unpaired) electrons. The van der Waals surface area contributed by atoms with Crippen LogP contribution in [0.25, 0.3) is 0 Å². The number of aliphatic imine (C=N–C) groups is 1. The zero-order chi connectivity index (χ0) is 16.8. The van der Waals surface area contributed by atoms with Gasteiger partial charge in [-0.15, -0.1) is 24.0 Å². The second-order valence-electron chi connectivity index (χ2n) is 5.38. The number of hydrogen-bond acceptors (Lipinski definition) is 3. The molecule has 0 aliphatic carbocycles. The summed E-state index contributed by atoms with van der Waals surface area (Å²) in [7, 11) is 1.69. The first-order chi connectivity index (χ1) is 11.8. The van der Waals surface area contributed by atoms with Gasteiger partial charge in [0.2, 0.25) is 6.79 Å². The smallest absolute Gasteiger partial charge is 0.231 e. The van der Waals surface area contributed by atoms with E-state index in [1.807, 2.05) is 24.3 Å². The van der Waals surface area contributed by atoms with Gasteiger partial charge in [0.05, 0.1) is 0 Å². The molecule has 5 nitrogen and oxygen atoms in total. The molecule has 1 heterocycles. The number of guanidine groups is 1. The summed E-state index contributed by atoms with van der Waals surface area (Å²) in [5.74, 6) is 1.99. The number of nitrogens with zero attached hydrogens (tertiary/aromatic N) is 1. The van der Waals surface area contributed by atoms with E-state index in [4.69, 9.17) is 9.47 Å². The summed E-state index contributed by atoms with van der Waals surface area (Å²) in [5, 5.41) is 6.33. The molecule has 0 amide bonds. The number of hydrogen-bond donors (Lipinski definition) is 2. The fourth-order valence-corrected chi connectivity index (χ4v) is 2.46. The third kappa shape index (κ3) is 5.22. The lowest BCUT2D eigenvalue weighted by Gasteiger charge is -2.12. The Morgan fingerprint density at radius 1 is 1.12 bits per heavy atom. The van der Waals surface area contributed by atoms with Gasteiger partial charge in [0.1, 0.15) is 5.82 Å². The van der Waals surface area contributed by atoms with Crippen molar-refractivity contribution in [3.05, 3.63) is 59.4 Å². The molecule has 0 fully saturated rings. The Balaban J connectivity index is 0.00000225. The van der Waals surface area contributed by atoms with E-state index in [1.54, 1.807) is 19.2 Å². The van der Waals surface area contributed by atoms with Crippen LogP contribution in [-0.2, 0) is 13.0 Å². The van der Waals surface area contributed by atoms with E-state index in [9.17, 15) is 4.39 Å². The fraction of sp³-hybridized carbons (Fsp3) is 0.278. The number of halogens is 2. The highest BCUT2D eigenvalue weighted by molar-refractivity contribution is 14.0. The summed E-state index contributed by atoms with van der Waals surface area (Å²) in [6, 6.07) is 12.6. The predicted octanol–water partition coefficient (Wildman–Crippen LogP) is 3.08. The molecule has 3 rings (SSSR count). The van der Waals surface area contributed by atoms with Gasteiger partial charge in [0.25, 0.3) is 0 Å². The van der Waals surface area contributed by atoms with Gasteiger partial charge in [-0.05, 0) is 30.2 Å². The van der Waals surface area contributed by atoms with Gasteiger partial charge in [0, 0.05) is 25.7 Å². The van der Waals surface area contributed by atoms with Crippen LogP contribution in [0.2, 0.25) is 0 Å². The molecule has 0 bridgehead atoms. The van der Waals surface area contributed by atoms with Crippen LogP contribution >= 0.6 is 24.0 Å². The number of nitrogens with one attached hydrogen (secondary N) is 2. The number of ether oxygens (including phenoxy) is 2. The molecule has 0 unspecified atom stereocenters. The van der Waals surface area contributed by atoms with Crippen molar-refractivity contribution in [2.24, 2.45) is 4.99 Å². The molecule has 0 saturated heterocycles. The zero-order valence-electron chi connectivity index (χ0n) is 13.9. The molecule has 134 valence electrons. The van der Waals surface area contributed by atoms with Gasteiger partial charge in [-0.2, -0.15) is 0 Å². The summed E-state index contributed by atoms with van der Waals surface area (Å²) in [6.45, 7) is 1.37. The average molecular weight is 457 g/mol. The number of rotatable bonds is 5. The first-order valence-electron chi connectivity index (χ1n) is 7.82. The molecule has 2 N–H and O–H groups in total. The first kappa shape index (κ1) is 19.3. The lowest BCUT2D eigenvalue weighted by atomic mass is 10.1. The summed E-state index contributed by atoms with van der Waals surface area (Å²) >= 11 is 0. The highest BCUT2D eigenvalue weighted by Crippen LogP contribution is 2.32. The Labute approximate surface area is 163 Å². The van der Waals surface area contributed by atoms with E-state index < -0.39 is 0 Å². The van der Waals surface area contributed by atoms with Crippen molar-refractivity contribution in [2.45, 2.75) is 13.0 Å². The van der Waals surface area contributed by atoms with Crippen LogP contribution < -0.4 is 20.1 Å². The molecular formula is C18H21FIN3O2. The van der Waals surface area contributed by atoms with E-state index in [2.05, 4.69) is 15.6 Å². The highest BCUT2D eigenvalue weighted by Gasteiger charge is 2.12. The molecule has 1 aliphatic heterocycles. The molecule has 2 aromatic rings. The normalized spacial score (nSPS) is 12.5. The zero-order valence-corrected chi connectivity index (χ0v) is 16.3. The Bertz CT molecular complexity index is 740. The quantitative estimate of drug-likeness (QED) is 0.412. The van der Waals surface area contributed by atoms with Crippen molar-refractivity contribution < 1.29 is 13.9 Å². The lowest BCUT2D eigenvalue weighted by molar-refractivity contribution is 0.174. The van der Waals surface area contributed by atoms with Gasteiger partial charge in [-0.3, -0.25) is 4.99 Å². The third-order valence-corrected chi connectivity index (χ3v) is 3.77. The van der Waals surface area contributed by atoms with Gasteiger partial charge in [0.15, 0.2) is 17.5 Å².